The van der Waals surface area contributed by atoms with Crippen molar-refractivity contribution in [3.8, 4) is 5.75 Å². The number of para-hydroxylation sites is 1. The summed E-state index contributed by atoms with van der Waals surface area (Å²) in [5.74, 6) is 0.210. The summed E-state index contributed by atoms with van der Waals surface area (Å²) in [6.07, 6.45) is 5.03. The molecule has 0 aromatic heterocycles. The molecule has 1 aromatic rings. The first kappa shape index (κ1) is 13.7. The van der Waals surface area contributed by atoms with E-state index in [2.05, 4.69) is 19.2 Å². The van der Waals surface area contributed by atoms with Gasteiger partial charge >= 0.3 is 0 Å². The van der Waals surface area contributed by atoms with Crippen LogP contribution in [0, 0.1) is 5.41 Å². The van der Waals surface area contributed by atoms with Gasteiger partial charge in [0.1, 0.15) is 5.75 Å². The highest BCUT2D eigenvalue weighted by Crippen LogP contribution is 2.35. The smallest absolute Gasteiger partial charge is 0.138 e. The van der Waals surface area contributed by atoms with Gasteiger partial charge in [-0.1, -0.05) is 44.0 Å². The summed E-state index contributed by atoms with van der Waals surface area (Å²) in [5.41, 5.74) is 1.32. The fourth-order valence-corrected chi connectivity index (χ4v) is 3.02. The van der Waals surface area contributed by atoms with Gasteiger partial charge in [-0.2, -0.15) is 0 Å². The van der Waals surface area contributed by atoms with Gasteiger partial charge in [0.25, 0.3) is 0 Å². The first-order valence-corrected chi connectivity index (χ1v) is 7.05. The second-order valence-corrected chi connectivity index (χ2v) is 6.49. The minimum atomic E-state index is 0.210. The molecule has 0 aliphatic heterocycles. The maximum atomic E-state index is 9.86. The van der Waals surface area contributed by atoms with Gasteiger partial charge in [-0.3, -0.25) is 0 Å². The lowest BCUT2D eigenvalue weighted by atomic mass is 9.75. The van der Waals surface area contributed by atoms with E-state index in [1.54, 1.807) is 6.07 Å². The highest BCUT2D eigenvalue weighted by Gasteiger charge is 2.27. The lowest BCUT2D eigenvalue weighted by molar-refractivity contribution is 0.197. The Labute approximate surface area is 114 Å². The third-order valence-corrected chi connectivity index (χ3v) is 4.16. The molecule has 1 aliphatic carbocycles. The molecule has 18 heavy (non-hydrogen) atoms. The molecule has 1 fully saturated rings. The summed E-state index contributed by atoms with van der Waals surface area (Å²) in [6.45, 7) is 5.35. The van der Waals surface area contributed by atoms with Crippen LogP contribution in [0.1, 0.15) is 45.1 Å². The number of benzene rings is 1. The quantitative estimate of drug-likeness (QED) is 0.864. The van der Waals surface area contributed by atoms with Crippen molar-refractivity contribution in [2.45, 2.75) is 52.1 Å². The molecule has 0 bridgehead atoms. The highest BCUT2D eigenvalue weighted by atomic mass is 35.5. The van der Waals surface area contributed by atoms with Crippen LogP contribution in [0.4, 0.5) is 0 Å². The van der Waals surface area contributed by atoms with Crippen LogP contribution in [0.2, 0.25) is 5.02 Å². The van der Waals surface area contributed by atoms with Gasteiger partial charge < -0.3 is 10.4 Å². The van der Waals surface area contributed by atoms with Gasteiger partial charge in [-0.05, 0) is 30.7 Å². The number of nitrogens with one attached hydrogen (secondary N) is 1. The molecule has 2 N–H and O–H groups in total. The Balaban J connectivity index is 1.93. The maximum Gasteiger partial charge on any atom is 0.138 e. The summed E-state index contributed by atoms with van der Waals surface area (Å²) >= 11 is 5.90. The van der Waals surface area contributed by atoms with Crippen LogP contribution in [0.3, 0.4) is 0 Å². The summed E-state index contributed by atoms with van der Waals surface area (Å²) < 4.78 is 0. The van der Waals surface area contributed by atoms with Gasteiger partial charge in [0, 0.05) is 18.2 Å². The molecule has 0 spiro atoms. The van der Waals surface area contributed by atoms with Crippen molar-refractivity contribution < 1.29 is 5.11 Å². The number of phenols is 1. The normalized spacial score (nSPS) is 22.9. The van der Waals surface area contributed by atoms with Crippen molar-refractivity contribution in [3.63, 3.8) is 0 Å². The van der Waals surface area contributed by atoms with Crippen molar-refractivity contribution in [1.29, 1.82) is 0 Å². The first-order valence-electron chi connectivity index (χ1n) is 6.68. The van der Waals surface area contributed by atoms with Gasteiger partial charge in [-0.15, -0.1) is 0 Å². The monoisotopic (exact) mass is 267 g/mol. The third kappa shape index (κ3) is 3.39. The van der Waals surface area contributed by atoms with Crippen molar-refractivity contribution in [2.75, 3.05) is 0 Å². The Kier molecular flexibility index (Phi) is 4.18. The molecule has 1 atom stereocenters. The second kappa shape index (κ2) is 5.50. The van der Waals surface area contributed by atoms with Gasteiger partial charge in [0.2, 0.25) is 0 Å². The van der Waals surface area contributed by atoms with E-state index in [0.717, 1.165) is 5.56 Å². The molecule has 1 saturated carbocycles. The predicted octanol–water partition coefficient (Wildman–Crippen LogP) is 4.10. The summed E-state index contributed by atoms with van der Waals surface area (Å²) in [5, 5.41) is 13.8. The molecule has 0 amide bonds. The van der Waals surface area contributed by atoms with Crippen molar-refractivity contribution in [2.24, 2.45) is 5.41 Å². The van der Waals surface area contributed by atoms with E-state index in [-0.39, 0.29) is 5.75 Å². The van der Waals surface area contributed by atoms with Crippen LogP contribution in [0.15, 0.2) is 18.2 Å². The molecule has 2 rings (SSSR count). The first-order chi connectivity index (χ1) is 8.48. The molecule has 2 nitrogen and oxygen atoms in total. The average Bonchev–Trinajstić information content (AvgIpc) is 2.30. The second-order valence-electron chi connectivity index (χ2n) is 6.09. The minimum absolute atomic E-state index is 0.210. The molecule has 100 valence electrons. The summed E-state index contributed by atoms with van der Waals surface area (Å²) in [6, 6.07) is 6.06. The van der Waals surface area contributed by atoms with Crippen molar-refractivity contribution in [1.82, 2.24) is 5.32 Å². The largest absolute Gasteiger partial charge is 0.506 e. The topological polar surface area (TPSA) is 32.3 Å². The molecule has 3 heteroatoms. The molecule has 0 heterocycles. The molecule has 1 aliphatic rings. The molecule has 1 aromatic carbocycles. The SMILES string of the molecule is CC1(C)CCCC(NCc2cccc(Cl)c2O)C1. The van der Waals surface area contributed by atoms with Crippen LogP contribution in [-0.2, 0) is 6.54 Å². The van der Waals surface area contributed by atoms with Crippen molar-refractivity contribution in [3.05, 3.63) is 28.8 Å². The fourth-order valence-electron chi connectivity index (χ4n) is 2.83. The molecule has 1 unspecified atom stereocenters. The number of rotatable bonds is 3. The standard InChI is InChI=1S/C15H22ClNO/c1-15(2)8-4-6-12(9-15)17-10-11-5-3-7-13(16)14(11)18/h3,5,7,12,17-18H,4,6,8-10H2,1-2H3. The number of hydrogen-bond donors (Lipinski definition) is 2. The molecular formula is C15H22ClNO. The molecule has 0 radical (unpaired) electrons. The van der Waals surface area contributed by atoms with E-state index in [1.165, 1.54) is 25.7 Å². The Hall–Kier alpha value is -0.730. The molecular weight excluding hydrogens is 246 g/mol. The van der Waals surface area contributed by atoms with Gasteiger partial charge in [0.15, 0.2) is 0 Å². The van der Waals surface area contributed by atoms with Crippen molar-refractivity contribution >= 4 is 11.6 Å². The Morgan fingerprint density at radius 1 is 1.44 bits per heavy atom. The zero-order valence-corrected chi connectivity index (χ0v) is 11.9. The highest BCUT2D eigenvalue weighted by molar-refractivity contribution is 6.32. The van der Waals surface area contributed by atoms with Crippen LogP contribution >= 0.6 is 11.6 Å². The van der Waals surface area contributed by atoms with E-state index in [1.807, 2.05) is 12.1 Å². The fraction of sp³-hybridized carbons (Fsp3) is 0.600. The van der Waals surface area contributed by atoms with Crippen LogP contribution in [0.25, 0.3) is 0 Å². The summed E-state index contributed by atoms with van der Waals surface area (Å²) in [4.78, 5) is 0. The number of hydrogen-bond acceptors (Lipinski definition) is 2. The average molecular weight is 268 g/mol. The van der Waals surface area contributed by atoms with E-state index in [4.69, 9.17) is 11.6 Å². The third-order valence-electron chi connectivity index (χ3n) is 3.86. The van der Waals surface area contributed by atoms with E-state index in [9.17, 15) is 5.11 Å². The zero-order valence-electron chi connectivity index (χ0n) is 11.2. The Morgan fingerprint density at radius 3 is 2.94 bits per heavy atom. The predicted molar refractivity (Wildman–Crippen MR) is 76.0 cm³/mol. The zero-order chi connectivity index (χ0) is 13.2. The summed E-state index contributed by atoms with van der Waals surface area (Å²) in [7, 11) is 0. The van der Waals surface area contributed by atoms with Gasteiger partial charge in [0.05, 0.1) is 5.02 Å². The minimum Gasteiger partial charge on any atom is -0.506 e. The lowest BCUT2D eigenvalue weighted by Gasteiger charge is -2.35. The number of halogens is 1. The Bertz CT molecular complexity index is 417. The lowest BCUT2D eigenvalue weighted by Crippen LogP contribution is -2.36. The Morgan fingerprint density at radius 2 is 2.22 bits per heavy atom. The van der Waals surface area contributed by atoms with E-state index in [0.29, 0.717) is 23.0 Å². The molecule has 0 saturated heterocycles. The number of aromatic hydroxyl groups is 1. The van der Waals surface area contributed by atoms with Crippen LogP contribution in [0.5, 0.6) is 5.75 Å². The number of phenolic OH excluding ortho intramolecular Hbond substituents is 1. The van der Waals surface area contributed by atoms with E-state index < -0.39 is 0 Å². The van der Waals surface area contributed by atoms with Crippen LogP contribution < -0.4 is 5.32 Å². The van der Waals surface area contributed by atoms with E-state index >= 15 is 0 Å². The van der Waals surface area contributed by atoms with Gasteiger partial charge in [-0.25, -0.2) is 0 Å². The maximum absolute atomic E-state index is 9.86. The van der Waals surface area contributed by atoms with Crippen LogP contribution in [-0.4, -0.2) is 11.1 Å².